The Labute approximate surface area is 62.4 Å². The van der Waals surface area contributed by atoms with Crippen LogP contribution in [-0.2, 0) is 0 Å². The van der Waals surface area contributed by atoms with Crippen LogP contribution in [0.25, 0.3) is 0 Å². The summed E-state index contributed by atoms with van der Waals surface area (Å²) in [6, 6.07) is 1.66. The maximum absolute atomic E-state index is 3.54. The minimum Gasteiger partial charge on any atom is -0.313 e. The lowest BCUT2D eigenvalue weighted by atomic mass is 10.2. The molecule has 2 aliphatic rings. The van der Waals surface area contributed by atoms with E-state index in [4.69, 9.17) is 0 Å². The van der Waals surface area contributed by atoms with Crippen LogP contribution in [0.15, 0.2) is 0 Å². The van der Waals surface area contributed by atoms with Gasteiger partial charge in [0.25, 0.3) is 0 Å². The maximum atomic E-state index is 3.54. The zero-order valence-corrected chi connectivity index (χ0v) is 6.40. The second-order valence-electron chi connectivity index (χ2n) is 3.48. The van der Waals surface area contributed by atoms with Crippen molar-refractivity contribution >= 4 is 0 Å². The van der Waals surface area contributed by atoms with Gasteiger partial charge < -0.3 is 10.6 Å². The van der Waals surface area contributed by atoms with Crippen LogP contribution >= 0.6 is 0 Å². The third-order valence-corrected chi connectivity index (χ3v) is 2.39. The van der Waals surface area contributed by atoms with Gasteiger partial charge in [-0.1, -0.05) is 0 Å². The van der Waals surface area contributed by atoms with Gasteiger partial charge in [-0.05, 0) is 32.2 Å². The van der Waals surface area contributed by atoms with E-state index in [-0.39, 0.29) is 0 Å². The number of hydrogen-bond acceptors (Lipinski definition) is 2. The van der Waals surface area contributed by atoms with E-state index in [0.29, 0.717) is 0 Å². The van der Waals surface area contributed by atoms with Crippen molar-refractivity contribution in [3.63, 3.8) is 0 Å². The van der Waals surface area contributed by atoms with Crippen LogP contribution in [0.3, 0.4) is 0 Å². The highest BCUT2D eigenvalue weighted by molar-refractivity contribution is 4.84. The van der Waals surface area contributed by atoms with E-state index in [1.165, 1.54) is 38.8 Å². The van der Waals surface area contributed by atoms with Crippen LogP contribution in [0.5, 0.6) is 0 Å². The average Bonchev–Trinajstić information content (AvgIpc) is 2.63. The smallest absolute Gasteiger partial charge is 0.0193 e. The first-order chi connectivity index (χ1) is 4.95. The fourth-order valence-electron chi connectivity index (χ4n) is 1.53. The standard InChI is InChI=1S/C8H16N2/c1-2-8(9-5-1)6-10-7-3-4-7/h7-10H,1-6H2. The molecule has 2 nitrogen and oxygen atoms in total. The maximum Gasteiger partial charge on any atom is 0.0193 e. The molecule has 0 amide bonds. The van der Waals surface area contributed by atoms with Crippen molar-refractivity contribution in [1.29, 1.82) is 0 Å². The molecule has 1 aliphatic carbocycles. The van der Waals surface area contributed by atoms with Gasteiger partial charge in [0.2, 0.25) is 0 Å². The minimum atomic E-state index is 0.778. The summed E-state index contributed by atoms with van der Waals surface area (Å²) in [6.45, 7) is 2.43. The summed E-state index contributed by atoms with van der Waals surface area (Å²) >= 11 is 0. The van der Waals surface area contributed by atoms with Crippen molar-refractivity contribution in [2.24, 2.45) is 0 Å². The summed E-state index contributed by atoms with van der Waals surface area (Å²) in [7, 11) is 0. The van der Waals surface area contributed by atoms with Gasteiger partial charge in [0.05, 0.1) is 0 Å². The summed E-state index contributed by atoms with van der Waals surface area (Å²) in [5.41, 5.74) is 0. The molecule has 1 saturated heterocycles. The fraction of sp³-hybridized carbons (Fsp3) is 1.00. The molecule has 1 heterocycles. The second-order valence-corrected chi connectivity index (χ2v) is 3.48. The molecule has 0 aromatic heterocycles. The van der Waals surface area contributed by atoms with Crippen LogP contribution in [-0.4, -0.2) is 25.2 Å². The Kier molecular flexibility index (Phi) is 1.91. The van der Waals surface area contributed by atoms with Gasteiger partial charge in [0.1, 0.15) is 0 Å². The Hall–Kier alpha value is -0.0800. The van der Waals surface area contributed by atoms with E-state index in [9.17, 15) is 0 Å². The molecular formula is C8H16N2. The second kappa shape index (κ2) is 2.89. The van der Waals surface area contributed by atoms with Crippen molar-refractivity contribution in [2.75, 3.05) is 13.1 Å². The van der Waals surface area contributed by atoms with Gasteiger partial charge in [-0.25, -0.2) is 0 Å². The first kappa shape index (κ1) is 6.62. The predicted octanol–water partition coefficient (Wildman–Crippen LogP) is 0.490. The van der Waals surface area contributed by atoms with Crippen molar-refractivity contribution in [3.8, 4) is 0 Å². The molecule has 0 bridgehead atoms. The van der Waals surface area contributed by atoms with E-state index in [0.717, 1.165) is 12.1 Å². The van der Waals surface area contributed by atoms with Gasteiger partial charge in [-0.2, -0.15) is 0 Å². The number of hydrogen-bond donors (Lipinski definition) is 2. The molecule has 58 valence electrons. The molecule has 2 heteroatoms. The SMILES string of the molecule is C1CNC(CNC2CC2)C1. The average molecular weight is 140 g/mol. The molecule has 0 aromatic rings. The van der Waals surface area contributed by atoms with E-state index in [2.05, 4.69) is 10.6 Å². The molecule has 2 rings (SSSR count). The van der Waals surface area contributed by atoms with Crippen LogP contribution < -0.4 is 10.6 Å². The van der Waals surface area contributed by atoms with Gasteiger partial charge in [-0.15, -0.1) is 0 Å². The van der Waals surface area contributed by atoms with Crippen molar-refractivity contribution < 1.29 is 0 Å². The van der Waals surface area contributed by atoms with Gasteiger partial charge in [-0.3, -0.25) is 0 Å². The summed E-state index contributed by atoms with van der Waals surface area (Å²) in [4.78, 5) is 0. The molecule has 0 radical (unpaired) electrons. The van der Waals surface area contributed by atoms with Gasteiger partial charge >= 0.3 is 0 Å². The highest BCUT2D eigenvalue weighted by Gasteiger charge is 2.22. The zero-order chi connectivity index (χ0) is 6.81. The summed E-state index contributed by atoms with van der Waals surface area (Å²) < 4.78 is 0. The van der Waals surface area contributed by atoms with E-state index >= 15 is 0 Å². The lowest BCUT2D eigenvalue weighted by Crippen LogP contribution is -2.34. The normalized spacial score (nSPS) is 33.0. The monoisotopic (exact) mass is 140 g/mol. The topological polar surface area (TPSA) is 24.1 Å². The molecule has 1 saturated carbocycles. The van der Waals surface area contributed by atoms with Crippen LogP contribution in [0, 0.1) is 0 Å². The molecule has 0 aromatic carbocycles. The largest absolute Gasteiger partial charge is 0.313 e. The molecule has 2 fully saturated rings. The van der Waals surface area contributed by atoms with Crippen molar-refractivity contribution in [3.05, 3.63) is 0 Å². The summed E-state index contributed by atoms with van der Waals surface area (Å²) in [6.07, 6.45) is 5.57. The predicted molar refractivity (Wildman–Crippen MR) is 42.0 cm³/mol. The molecule has 1 unspecified atom stereocenters. The Morgan fingerprint density at radius 3 is 2.80 bits per heavy atom. The van der Waals surface area contributed by atoms with Gasteiger partial charge in [0, 0.05) is 18.6 Å². The highest BCUT2D eigenvalue weighted by Crippen LogP contribution is 2.18. The lowest BCUT2D eigenvalue weighted by molar-refractivity contribution is 0.534. The van der Waals surface area contributed by atoms with E-state index < -0.39 is 0 Å². The van der Waals surface area contributed by atoms with Crippen molar-refractivity contribution in [2.45, 2.75) is 37.8 Å². The minimum absolute atomic E-state index is 0.778. The van der Waals surface area contributed by atoms with Crippen LogP contribution in [0.2, 0.25) is 0 Å². The first-order valence-electron chi connectivity index (χ1n) is 4.42. The summed E-state index contributed by atoms with van der Waals surface area (Å²) in [5.74, 6) is 0. The third kappa shape index (κ3) is 1.70. The van der Waals surface area contributed by atoms with Gasteiger partial charge in [0.15, 0.2) is 0 Å². The highest BCUT2D eigenvalue weighted by atomic mass is 15.0. The van der Waals surface area contributed by atoms with E-state index in [1.807, 2.05) is 0 Å². The third-order valence-electron chi connectivity index (χ3n) is 2.39. The Bertz CT molecular complexity index is 104. The molecule has 1 aliphatic heterocycles. The lowest BCUT2D eigenvalue weighted by Gasteiger charge is -2.09. The van der Waals surface area contributed by atoms with Crippen LogP contribution in [0.4, 0.5) is 0 Å². The molecule has 10 heavy (non-hydrogen) atoms. The number of rotatable bonds is 3. The zero-order valence-electron chi connectivity index (χ0n) is 6.40. The van der Waals surface area contributed by atoms with E-state index in [1.54, 1.807) is 0 Å². The molecule has 2 N–H and O–H groups in total. The number of nitrogens with one attached hydrogen (secondary N) is 2. The first-order valence-corrected chi connectivity index (χ1v) is 4.42. The van der Waals surface area contributed by atoms with Crippen LogP contribution in [0.1, 0.15) is 25.7 Å². The quantitative estimate of drug-likeness (QED) is 0.596. The molecular weight excluding hydrogens is 124 g/mol. The summed E-state index contributed by atoms with van der Waals surface area (Å²) in [5, 5.41) is 7.01. The Balaban J connectivity index is 1.59. The van der Waals surface area contributed by atoms with Crippen molar-refractivity contribution in [1.82, 2.24) is 10.6 Å². The Morgan fingerprint density at radius 2 is 2.20 bits per heavy atom. The fourth-order valence-corrected chi connectivity index (χ4v) is 1.53. The molecule has 1 atom stereocenters. The Morgan fingerprint density at radius 1 is 1.30 bits per heavy atom. The molecule has 0 spiro atoms.